The Kier molecular flexibility index (Phi) is 3.14. The molecular formula is C15H14N2O2. The summed E-state index contributed by atoms with van der Waals surface area (Å²) in [6.45, 7) is 1.70. The minimum Gasteiger partial charge on any atom is -0.491 e. The Balaban J connectivity index is 1.85. The van der Waals surface area contributed by atoms with E-state index in [0.29, 0.717) is 25.3 Å². The van der Waals surface area contributed by atoms with Crippen LogP contribution in [0.4, 0.5) is 0 Å². The number of hydrogen-bond donors (Lipinski definition) is 0. The van der Waals surface area contributed by atoms with Gasteiger partial charge in [0, 0.05) is 30.1 Å². The summed E-state index contributed by atoms with van der Waals surface area (Å²) in [6.07, 6.45) is 3.27. The summed E-state index contributed by atoms with van der Waals surface area (Å²) in [5, 5.41) is 0. The lowest BCUT2D eigenvalue weighted by atomic mass is 10.1. The molecule has 0 saturated heterocycles. The van der Waals surface area contributed by atoms with Crippen molar-refractivity contribution in [1.82, 2.24) is 9.88 Å². The molecule has 1 aliphatic heterocycles. The van der Waals surface area contributed by atoms with Crippen LogP contribution in [0.5, 0.6) is 5.75 Å². The van der Waals surface area contributed by atoms with E-state index in [9.17, 15) is 4.79 Å². The Bertz CT molecular complexity index is 584. The normalized spacial score (nSPS) is 14.2. The van der Waals surface area contributed by atoms with Crippen LogP contribution in [0.3, 0.4) is 0 Å². The zero-order valence-electron chi connectivity index (χ0n) is 10.5. The predicted molar refractivity (Wildman–Crippen MR) is 70.9 cm³/mol. The number of fused-ring (bicyclic) bond motifs is 1. The number of pyridine rings is 1. The fourth-order valence-electron chi connectivity index (χ4n) is 2.18. The summed E-state index contributed by atoms with van der Waals surface area (Å²) >= 11 is 0. The second-order valence-corrected chi connectivity index (χ2v) is 4.42. The summed E-state index contributed by atoms with van der Waals surface area (Å²) < 4.78 is 5.66. The highest BCUT2D eigenvalue weighted by molar-refractivity contribution is 5.94. The van der Waals surface area contributed by atoms with Gasteiger partial charge in [0.05, 0.1) is 6.54 Å². The lowest BCUT2D eigenvalue weighted by Gasteiger charge is -2.19. The second-order valence-electron chi connectivity index (χ2n) is 4.42. The lowest BCUT2D eigenvalue weighted by molar-refractivity contribution is 0.0733. The second kappa shape index (κ2) is 5.10. The molecule has 0 N–H and O–H groups in total. The van der Waals surface area contributed by atoms with E-state index in [4.69, 9.17) is 4.74 Å². The highest BCUT2D eigenvalue weighted by Gasteiger charge is 2.20. The summed E-state index contributed by atoms with van der Waals surface area (Å²) in [6, 6.07) is 11.3. The molecule has 3 rings (SSSR count). The number of para-hydroxylation sites is 1. The number of benzene rings is 1. The number of ether oxygens (including phenoxy) is 1. The first kappa shape index (κ1) is 11.7. The summed E-state index contributed by atoms with van der Waals surface area (Å²) in [7, 11) is 0. The average molecular weight is 254 g/mol. The Morgan fingerprint density at radius 2 is 1.95 bits per heavy atom. The number of hydrogen-bond acceptors (Lipinski definition) is 3. The molecule has 2 heterocycles. The largest absolute Gasteiger partial charge is 0.491 e. The zero-order valence-corrected chi connectivity index (χ0v) is 10.5. The molecule has 4 nitrogen and oxygen atoms in total. The maximum absolute atomic E-state index is 12.4. The van der Waals surface area contributed by atoms with Crippen molar-refractivity contribution in [1.29, 1.82) is 0 Å². The minimum absolute atomic E-state index is 0.0164. The first-order valence-corrected chi connectivity index (χ1v) is 6.24. The number of nitrogens with zero attached hydrogens (tertiary/aromatic N) is 2. The van der Waals surface area contributed by atoms with Gasteiger partial charge in [0.1, 0.15) is 12.4 Å². The van der Waals surface area contributed by atoms with Crippen LogP contribution in [0.2, 0.25) is 0 Å². The Morgan fingerprint density at radius 3 is 2.79 bits per heavy atom. The van der Waals surface area contributed by atoms with Gasteiger partial charge in [-0.2, -0.15) is 0 Å². The van der Waals surface area contributed by atoms with Gasteiger partial charge >= 0.3 is 0 Å². The van der Waals surface area contributed by atoms with E-state index >= 15 is 0 Å². The van der Waals surface area contributed by atoms with Gasteiger partial charge in [0.25, 0.3) is 5.91 Å². The molecule has 0 unspecified atom stereocenters. The summed E-state index contributed by atoms with van der Waals surface area (Å²) in [5.74, 6) is 0.884. The molecular weight excluding hydrogens is 240 g/mol. The van der Waals surface area contributed by atoms with Crippen LogP contribution in [-0.4, -0.2) is 28.9 Å². The van der Waals surface area contributed by atoms with Crippen molar-refractivity contribution in [2.45, 2.75) is 6.54 Å². The maximum Gasteiger partial charge on any atom is 0.254 e. The third-order valence-corrected chi connectivity index (χ3v) is 3.17. The molecule has 1 aliphatic rings. The van der Waals surface area contributed by atoms with Crippen molar-refractivity contribution in [3.63, 3.8) is 0 Å². The molecule has 4 heteroatoms. The van der Waals surface area contributed by atoms with Crippen LogP contribution in [0.15, 0.2) is 48.8 Å². The van der Waals surface area contributed by atoms with Crippen molar-refractivity contribution in [2.75, 3.05) is 13.2 Å². The fourth-order valence-corrected chi connectivity index (χ4v) is 2.18. The fraction of sp³-hybridized carbons (Fsp3) is 0.200. The molecule has 19 heavy (non-hydrogen) atoms. The van der Waals surface area contributed by atoms with Crippen molar-refractivity contribution in [3.8, 4) is 5.75 Å². The average Bonchev–Trinajstić information content (AvgIpc) is 2.69. The smallest absolute Gasteiger partial charge is 0.254 e. The van der Waals surface area contributed by atoms with Crippen LogP contribution < -0.4 is 4.74 Å². The molecule has 96 valence electrons. The van der Waals surface area contributed by atoms with Crippen molar-refractivity contribution in [3.05, 3.63) is 59.9 Å². The quantitative estimate of drug-likeness (QED) is 0.782. The molecule has 1 aromatic carbocycles. The third-order valence-electron chi connectivity index (χ3n) is 3.17. The van der Waals surface area contributed by atoms with Gasteiger partial charge in [0.15, 0.2) is 0 Å². The SMILES string of the molecule is O=C(c1ccncc1)N1CCOc2ccccc2C1. The molecule has 0 atom stereocenters. The molecule has 1 aromatic heterocycles. The van der Waals surface area contributed by atoms with E-state index < -0.39 is 0 Å². The Hall–Kier alpha value is -2.36. The van der Waals surface area contributed by atoms with Gasteiger partial charge < -0.3 is 9.64 Å². The molecule has 0 spiro atoms. The lowest BCUT2D eigenvalue weighted by Crippen LogP contribution is -2.32. The minimum atomic E-state index is 0.0164. The van der Waals surface area contributed by atoms with Crippen molar-refractivity contribution >= 4 is 5.91 Å². The predicted octanol–water partition coefficient (Wildman–Crippen LogP) is 2.12. The molecule has 0 bridgehead atoms. The molecule has 0 fully saturated rings. The Morgan fingerprint density at radius 1 is 1.16 bits per heavy atom. The maximum atomic E-state index is 12.4. The number of carbonyl (C=O) groups excluding carboxylic acids is 1. The number of amides is 1. The molecule has 0 radical (unpaired) electrons. The first-order chi connectivity index (χ1) is 9.34. The van der Waals surface area contributed by atoms with Crippen LogP contribution in [0, 0.1) is 0 Å². The van der Waals surface area contributed by atoms with Crippen LogP contribution in [0.1, 0.15) is 15.9 Å². The van der Waals surface area contributed by atoms with Gasteiger partial charge in [-0.15, -0.1) is 0 Å². The van der Waals surface area contributed by atoms with E-state index in [2.05, 4.69) is 4.98 Å². The highest BCUT2D eigenvalue weighted by atomic mass is 16.5. The van der Waals surface area contributed by atoms with Crippen LogP contribution in [-0.2, 0) is 6.54 Å². The van der Waals surface area contributed by atoms with Crippen LogP contribution >= 0.6 is 0 Å². The van der Waals surface area contributed by atoms with Crippen molar-refractivity contribution < 1.29 is 9.53 Å². The molecule has 0 saturated carbocycles. The number of aromatic nitrogens is 1. The number of rotatable bonds is 1. The van der Waals surface area contributed by atoms with Gasteiger partial charge in [-0.1, -0.05) is 18.2 Å². The van der Waals surface area contributed by atoms with Gasteiger partial charge in [-0.3, -0.25) is 9.78 Å². The third kappa shape index (κ3) is 2.42. The highest BCUT2D eigenvalue weighted by Crippen LogP contribution is 2.23. The molecule has 2 aromatic rings. The van der Waals surface area contributed by atoms with Gasteiger partial charge in [-0.05, 0) is 18.2 Å². The van der Waals surface area contributed by atoms with Gasteiger partial charge in [-0.25, -0.2) is 0 Å². The van der Waals surface area contributed by atoms with Crippen molar-refractivity contribution in [2.24, 2.45) is 0 Å². The van der Waals surface area contributed by atoms with E-state index in [1.54, 1.807) is 29.4 Å². The zero-order chi connectivity index (χ0) is 13.1. The summed E-state index contributed by atoms with van der Waals surface area (Å²) in [4.78, 5) is 18.1. The van der Waals surface area contributed by atoms with E-state index in [1.165, 1.54) is 0 Å². The van der Waals surface area contributed by atoms with E-state index in [1.807, 2.05) is 24.3 Å². The number of carbonyl (C=O) groups is 1. The van der Waals surface area contributed by atoms with E-state index in [0.717, 1.165) is 11.3 Å². The first-order valence-electron chi connectivity index (χ1n) is 6.24. The standard InChI is InChI=1S/C15H14N2O2/c18-15(12-5-7-16-8-6-12)17-9-10-19-14-4-2-1-3-13(14)11-17/h1-8H,9-11H2. The topological polar surface area (TPSA) is 42.4 Å². The van der Waals surface area contributed by atoms with E-state index in [-0.39, 0.29) is 5.91 Å². The molecule has 1 amide bonds. The monoisotopic (exact) mass is 254 g/mol. The Labute approximate surface area is 111 Å². The van der Waals surface area contributed by atoms with Crippen LogP contribution in [0.25, 0.3) is 0 Å². The summed E-state index contributed by atoms with van der Waals surface area (Å²) in [5.41, 5.74) is 1.71. The van der Waals surface area contributed by atoms with Gasteiger partial charge in [0.2, 0.25) is 0 Å². The molecule has 0 aliphatic carbocycles.